The van der Waals surface area contributed by atoms with E-state index in [4.69, 9.17) is 19.9 Å². The highest BCUT2D eigenvalue weighted by Gasteiger charge is 2.39. The van der Waals surface area contributed by atoms with Crippen LogP contribution < -0.4 is 5.73 Å². The van der Waals surface area contributed by atoms with Crippen LogP contribution in [0, 0.1) is 11.8 Å². The van der Waals surface area contributed by atoms with Crippen LogP contribution in [0.3, 0.4) is 0 Å². The normalized spacial score (nSPS) is 27.9. The van der Waals surface area contributed by atoms with Gasteiger partial charge < -0.3 is 19.9 Å². The first kappa shape index (κ1) is 19.4. The molecule has 25 heavy (non-hydrogen) atoms. The first-order chi connectivity index (χ1) is 11.9. The van der Waals surface area contributed by atoms with Crippen LogP contribution in [0.4, 0.5) is 0 Å². The summed E-state index contributed by atoms with van der Waals surface area (Å²) in [4.78, 5) is 24.6. The molecule has 0 bridgehead atoms. The minimum atomic E-state index is -0.979. The quantitative estimate of drug-likeness (QED) is 0.814. The summed E-state index contributed by atoms with van der Waals surface area (Å²) in [6, 6.07) is 8.66. The Morgan fingerprint density at radius 1 is 1.20 bits per heavy atom. The molecule has 138 valence electrons. The molecule has 6 nitrogen and oxygen atoms in total. The summed E-state index contributed by atoms with van der Waals surface area (Å²) in [5.41, 5.74) is 6.71. The summed E-state index contributed by atoms with van der Waals surface area (Å²) in [5, 5.41) is 0. The molecule has 0 saturated carbocycles. The van der Waals surface area contributed by atoms with Crippen molar-refractivity contribution in [2.24, 2.45) is 17.6 Å². The molecule has 4 unspecified atom stereocenters. The fraction of sp³-hybridized carbons (Fsp3) is 0.579. The first-order valence-electron chi connectivity index (χ1n) is 8.66. The fourth-order valence-electron chi connectivity index (χ4n) is 2.77. The predicted octanol–water partition coefficient (Wildman–Crippen LogP) is 1.70. The zero-order chi connectivity index (χ0) is 18.4. The summed E-state index contributed by atoms with van der Waals surface area (Å²) >= 11 is 0. The van der Waals surface area contributed by atoms with Gasteiger partial charge in [0.25, 0.3) is 0 Å². The molecule has 2 N–H and O–H groups in total. The number of hydrogen-bond acceptors (Lipinski definition) is 6. The van der Waals surface area contributed by atoms with E-state index in [-0.39, 0.29) is 12.5 Å². The van der Waals surface area contributed by atoms with Gasteiger partial charge in [0.05, 0.1) is 5.92 Å². The van der Waals surface area contributed by atoms with Crippen molar-refractivity contribution in [2.45, 2.75) is 45.4 Å². The van der Waals surface area contributed by atoms with Gasteiger partial charge in [-0.25, -0.2) is 0 Å². The Balaban J connectivity index is 2.28. The van der Waals surface area contributed by atoms with Gasteiger partial charge in [-0.15, -0.1) is 0 Å². The lowest BCUT2D eigenvalue weighted by molar-refractivity contribution is -0.164. The van der Waals surface area contributed by atoms with Crippen molar-refractivity contribution in [3.05, 3.63) is 35.9 Å². The van der Waals surface area contributed by atoms with Gasteiger partial charge in [-0.2, -0.15) is 0 Å². The number of hydrogen-bond donors (Lipinski definition) is 1. The van der Waals surface area contributed by atoms with E-state index in [1.165, 1.54) is 0 Å². The van der Waals surface area contributed by atoms with E-state index in [9.17, 15) is 9.59 Å². The topological polar surface area (TPSA) is 87.8 Å². The largest absolute Gasteiger partial charge is 0.463 e. The summed E-state index contributed by atoms with van der Waals surface area (Å²) in [7, 11) is 0. The highest BCUT2D eigenvalue weighted by molar-refractivity contribution is 5.78. The van der Waals surface area contributed by atoms with Crippen molar-refractivity contribution in [1.82, 2.24) is 0 Å². The van der Waals surface area contributed by atoms with Crippen LogP contribution in [0.15, 0.2) is 30.3 Å². The van der Waals surface area contributed by atoms with E-state index < -0.39 is 36.1 Å². The third-order valence-corrected chi connectivity index (χ3v) is 4.09. The molecule has 6 heteroatoms. The SMILES string of the molecule is CC(C)COC1C(C)OC(=O)C(N)COC(=O)C1Cc1ccccc1. The molecule has 0 amide bonds. The van der Waals surface area contributed by atoms with Crippen LogP contribution in [-0.2, 0) is 30.2 Å². The zero-order valence-electron chi connectivity index (χ0n) is 15.0. The summed E-state index contributed by atoms with van der Waals surface area (Å²) in [6.07, 6.45) is -0.749. The maximum atomic E-state index is 12.7. The number of carbonyl (C=O) groups excluding carboxylic acids is 2. The lowest BCUT2D eigenvalue weighted by Crippen LogP contribution is -2.43. The molecule has 1 heterocycles. The highest BCUT2D eigenvalue weighted by Crippen LogP contribution is 2.24. The lowest BCUT2D eigenvalue weighted by atomic mass is 9.91. The Hall–Kier alpha value is -1.92. The number of nitrogens with two attached hydrogens (primary N) is 1. The van der Waals surface area contributed by atoms with Crippen LogP contribution in [0.5, 0.6) is 0 Å². The molecule has 1 fully saturated rings. The van der Waals surface area contributed by atoms with Crippen molar-refractivity contribution in [2.75, 3.05) is 13.2 Å². The van der Waals surface area contributed by atoms with Gasteiger partial charge in [0.15, 0.2) is 0 Å². The molecule has 1 saturated heterocycles. The number of cyclic esters (lactones) is 2. The Morgan fingerprint density at radius 3 is 2.52 bits per heavy atom. The number of esters is 2. The monoisotopic (exact) mass is 349 g/mol. The third-order valence-electron chi connectivity index (χ3n) is 4.09. The van der Waals surface area contributed by atoms with E-state index in [2.05, 4.69) is 0 Å². The Labute approximate surface area is 148 Å². The van der Waals surface area contributed by atoms with E-state index in [0.717, 1.165) is 5.56 Å². The van der Waals surface area contributed by atoms with Gasteiger partial charge in [0.1, 0.15) is 24.9 Å². The molecule has 0 radical (unpaired) electrons. The van der Waals surface area contributed by atoms with Gasteiger partial charge >= 0.3 is 11.9 Å². The van der Waals surface area contributed by atoms with Crippen LogP contribution in [0.25, 0.3) is 0 Å². The van der Waals surface area contributed by atoms with Crippen molar-refractivity contribution < 1.29 is 23.8 Å². The van der Waals surface area contributed by atoms with Crippen molar-refractivity contribution in [1.29, 1.82) is 0 Å². The van der Waals surface area contributed by atoms with Crippen LogP contribution in [0.1, 0.15) is 26.3 Å². The van der Waals surface area contributed by atoms with Crippen LogP contribution >= 0.6 is 0 Å². The minimum absolute atomic E-state index is 0.188. The fourth-order valence-corrected chi connectivity index (χ4v) is 2.77. The number of rotatable bonds is 5. The smallest absolute Gasteiger partial charge is 0.326 e. The lowest BCUT2D eigenvalue weighted by Gasteiger charge is -2.30. The van der Waals surface area contributed by atoms with Crippen molar-refractivity contribution in [3.63, 3.8) is 0 Å². The van der Waals surface area contributed by atoms with E-state index in [0.29, 0.717) is 13.0 Å². The standard InChI is InChI=1S/C19H27NO5/c1-12(2)10-23-17-13(3)25-19(22)16(20)11-24-18(21)15(17)9-14-7-5-4-6-8-14/h4-8,12-13,15-17H,9-11,20H2,1-3H3. The highest BCUT2D eigenvalue weighted by atomic mass is 16.6. The maximum Gasteiger partial charge on any atom is 0.326 e. The van der Waals surface area contributed by atoms with E-state index in [1.807, 2.05) is 44.2 Å². The number of ether oxygens (including phenoxy) is 3. The van der Waals surface area contributed by atoms with Crippen molar-refractivity contribution in [3.8, 4) is 0 Å². The molecular formula is C19H27NO5. The maximum absolute atomic E-state index is 12.7. The second-order valence-electron chi connectivity index (χ2n) is 6.87. The molecule has 0 aromatic heterocycles. The second kappa shape index (κ2) is 8.97. The molecule has 1 aliphatic rings. The van der Waals surface area contributed by atoms with E-state index >= 15 is 0 Å². The summed E-state index contributed by atoms with van der Waals surface area (Å²) in [6.45, 7) is 6.04. The van der Waals surface area contributed by atoms with Crippen LogP contribution in [-0.4, -0.2) is 43.4 Å². The van der Waals surface area contributed by atoms with Gasteiger partial charge in [-0.3, -0.25) is 9.59 Å². The first-order valence-corrected chi connectivity index (χ1v) is 8.66. The number of carbonyl (C=O) groups is 2. The molecule has 2 rings (SSSR count). The molecular weight excluding hydrogens is 322 g/mol. The van der Waals surface area contributed by atoms with Crippen LogP contribution in [0.2, 0.25) is 0 Å². The van der Waals surface area contributed by atoms with Gasteiger partial charge in [-0.05, 0) is 24.8 Å². The average molecular weight is 349 g/mol. The summed E-state index contributed by atoms with van der Waals surface area (Å²) in [5.74, 6) is -1.29. The number of benzene rings is 1. The second-order valence-corrected chi connectivity index (χ2v) is 6.87. The Morgan fingerprint density at radius 2 is 1.88 bits per heavy atom. The van der Waals surface area contributed by atoms with Gasteiger partial charge in [-0.1, -0.05) is 44.2 Å². The minimum Gasteiger partial charge on any atom is -0.463 e. The Kier molecular flexibility index (Phi) is 6.96. The molecule has 1 aliphatic heterocycles. The molecule has 0 aliphatic carbocycles. The molecule has 0 spiro atoms. The average Bonchev–Trinajstić information content (AvgIpc) is 2.61. The third kappa shape index (κ3) is 5.54. The summed E-state index contributed by atoms with van der Waals surface area (Å²) < 4.78 is 16.7. The predicted molar refractivity (Wildman–Crippen MR) is 92.7 cm³/mol. The molecule has 4 atom stereocenters. The van der Waals surface area contributed by atoms with E-state index in [1.54, 1.807) is 6.92 Å². The Bertz CT molecular complexity index is 574. The molecule has 1 aromatic carbocycles. The molecule has 1 aromatic rings. The van der Waals surface area contributed by atoms with Gasteiger partial charge in [0.2, 0.25) is 0 Å². The van der Waals surface area contributed by atoms with Crippen molar-refractivity contribution >= 4 is 11.9 Å². The van der Waals surface area contributed by atoms with Gasteiger partial charge in [0, 0.05) is 6.61 Å². The zero-order valence-corrected chi connectivity index (χ0v) is 15.0.